The minimum Gasteiger partial charge on any atom is -0.507 e. The molecule has 0 aliphatic carbocycles. The summed E-state index contributed by atoms with van der Waals surface area (Å²) < 4.78 is 1.76. The Hall–Kier alpha value is -3.55. The van der Waals surface area contributed by atoms with E-state index in [1.54, 1.807) is 20.4 Å². The zero-order valence-corrected chi connectivity index (χ0v) is 15.6. The lowest BCUT2D eigenvalue weighted by atomic mass is 10.1. The number of aryl methyl sites for hydroxylation is 1. The van der Waals surface area contributed by atoms with Gasteiger partial charge < -0.3 is 24.8 Å². The minimum atomic E-state index is -0.406. The van der Waals surface area contributed by atoms with Gasteiger partial charge in [0.05, 0.1) is 5.56 Å². The average Bonchev–Trinajstić information content (AvgIpc) is 3.14. The molecule has 1 aromatic heterocycles. The van der Waals surface area contributed by atoms with Crippen molar-refractivity contribution < 1.29 is 19.5 Å². The van der Waals surface area contributed by atoms with Gasteiger partial charge in [0, 0.05) is 45.1 Å². The molecule has 0 spiro atoms. The molecule has 146 valence electrons. The van der Waals surface area contributed by atoms with E-state index in [0.29, 0.717) is 37.6 Å². The molecule has 1 aliphatic heterocycles. The van der Waals surface area contributed by atoms with E-state index in [-0.39, 0.29) is 23.1 Å². The van der Waals surface area contributed by atoms with Crippen LogP contribution in [-0.4, -0.2) is 63.4 Å². The van der Waals surface area contributed by atoms with Gasteiger partial charge in [-0.15, -0.1) is 0 Å². The van der Waals surface area contributed by atoms with Crippen molar-refractivity contribution in [2.75, 3.05) is 31.5 Å². The number of aromatic hydroxyl groups is 1. The van der Waals surface area contributed by atoms with E-state index in [4.69, 9.17) is 0 Å². The Morgan fingerprint density at radius 1 is 1.07 bits per heavy atom. The van der Waals surface area contributed by atoms with Crippen molar-refractivity contribution in [3.63, 3.8) is 0 Å². The van der Waals surface area contributed by atoms with Crippen LogP contribution in [0, 0.1) is 0 Å². The van der Waals surface area contributed by atoms with E-state index in [9.17, 15) is 19.5 Å². The van der Waals surface area contributed by atoms with Crippen LogP contribution >= 0.6 is 0 Å². The molecule has 2 N–H and O–H groups in total. The second-order valence-electron chi connectivity index (χ2n) is 6.51. The van der Waals surface area contributed by atoms with Crippen LogP contribution in [0.15, 0.2) is 49.2 Å². The van der Waals surface area contributed by atoms with Crippen LogP contribution in [0.2, 0.25) is 0 Å². The first-order valence-corrected chi connectivity index (χ1v) is 8.87. The second kappa shape index (κ2) is 7.99. The van der Waals surface area contributed by atoms with Gasteiger partial charge in [-0.1, -0.05) is 6.58 Å². The summed E-state index contributed by atoms with van der Waals surface area (Å²) in [4.78, 5) is 40.1. The third-order valence-corrected chi connectivity index (χ3v) is 4.70. The molecular weight excluding hydrogens is 360 g/mol. The fourth-order valence-corrected chi connectivity index (χ4v) is 3.11. The molecule has 1 aromatic carbocycles. The van der Waals surface area contributed by atoms with E-state index in [1.807, 2.05) is 19.3 Å². The largest absolute Gasteiger partial charge is 0.507 e. The summed E-state index contributed by atoms with van der Waals surface area (Å²) in [6, 6.07) is 7.88. The lowest BCUT2D eigenvalue weighted by molar-refractivity contribution is -0.111. The minimum absolute atomic E-state index is 0.0726. The Kier molecular flexibility index (Phi) is 5.49. The van der Waals surface area contributed by atoms with Gasteiger partial charge in [0.15, 0.2) is 0 Å². The van der Waals surface area contributed by atoms with Crippen LogP contribution in [0.5, 0.6) is 5.75 Å². The molecule has 3 amide bonds. The molecule has 2 aromatic rings. The fourth-order valence-electron chi connectivity index (χ4n) is 3.11. The van der Waals surface area contributed by atoms with Crippen LogP contribution in [0.3, 0.4) is 0 Å². The highest BCUT2D eigenvalue weighted by molar-refractivity contribution is 6.02. The van der Waals surface area contributed by atoms with Gasteiger partial charge in [-0.05, 0) is 36.4 Å². The molecule has 28 heavy (non-hydrogen) atoms. The predicted molar refractivity (Wildman–Crippen MR) is 104 cm³/mol. The zero-order chi connectivity index (χ0) is 20.3. The molecular formula is C20H22N4O4. The predicted octanol–water partition coefficient (Wildman–Crippen LogP) is 1.45. The summed E-state index contributed by atoms with van der Waals surface area (Å²) >= 11 is 0. The number of phenolic OH excluding ortho intramolecular Hbond substituents is 1. The molecule has 0 radical (unpaired) electrons. The van der Waals surface area contributed by atoms with E-state index in [0.717, 1.165) is 6.08 Å². The summed E-state index contributed by atoms with van der Waals surface area (Å²) in [6.45, 7) is 4.91. The topological polar surface area (TPSA) is 94.9 Å². The van der Waals surface area contributed by atoms with Crippen molar-refractivity contribution in [3.8, 4) is 5.75 Å². The SMILES string of the molecule is C=CC(=O)Nc1ccc(O)c(C(=O)N2CCN(C(=O)c3cccn3C)CC2)c1. The van der Waals surface area contributed by atoms with E-state index in [2.05, 4.69) is 11.9 Å². The first-order chi connectivity index (χ1) is 13.4. The maximum Gasteiger partial charge on any atom is 0.270 e. The molecule has 1 aliphatic rings. The van der Waals surface area contributed by atoms with Crippen LogP contribution in [-0.2, 0) is 11.8 Å². The standard InChI is InChI=1S/C20H22N4O4/c1-3-18(26)21-14-6-7-17(25)15(13-14)19(27)23-9-11-24(12-10-23)20(28)16-5-4-8-22(16)2/h3-8,13,25H,1,9-12H2,2H3,(H,21,26). The average molecular weight is 382 g/mol. The summed E-state index contributed by atoms with van der Waals surface area (Å²) in [5, 5.41) is 12.6. The maximum atomic E-state index is 12.8. The smallest absolute Gasteiger partial charge is 0.270 e. The second-order valence-corrected chi connectivity index (χ2v) is 6.51. The Morgan fingerprint density at radius 3 is 2.29 bits per heavy atom. The van der Waals surface area contributed by atoms with Crippen molar-refractivity contribution in [1.82, 2.24) is 14.4 Å². The molecule has 8 heteroatoms. The third kappa shape index (κ3) is 3.90. The van der Waals surface area contributed by atoms with Crippen LogP contribution in [0.4, 0.5) is 5.69 Å². The molecule has 0 unspecified atom stereocenters. The molecule has 2 heterocycles. The molecule has 1 saturated heterocycles. The number of nitrogens with zero attached hydrogens (tertiary/aromatic N) is 3. The number of nitrogens with one attached hydrogen (secondary N) is 1. The van der Waals surface area contributed by atoms with Crippen molar-refractivity contribution >= 4 is 23.4 Å². The number of aromatic nitrogens is 1. The van der Waals surface area contributed by atoms with Gasteiger partial charge in [-0.2, -0.15) is 0 Å². The van der Waals surface area contributed by atoms with Gasteiger partial charge >= 0.3 is 0 Å². The highest BCUT2D eigenvalue weighted by Gasteiger charge is 2.27. The van der Waals surface area contributed by atoms with Crippen LogP contribution < -0.4 is 5.32 Å². The van der Waals surface area contributed by atoms with Crippen molar-refractivity contribution in [1.29, 1.82) is 0 Å². The van der Waals surface area contributed by atoms with Gasteiger partial charge in [-0.3, -0.25) is 14.4 Å². The van der Waals surface area contributed by atoms with Crippen molar-refractivity contribution in [2.45, 2.75) is 0 Å². The number of piperazine rings is 1. The first kappa shape index (κ1) is 19.2. The number of hydrogen-bond donors (Lipinski definition) is 2. The Bertz CT molecular complexity index is 926. The number of carbonyl (C=O) groups is 3. The van der Waals surface area contributed by atoms with Gasteiger partial charge in [0.25, 0.3) is 11.8 Å². The Morgan fingerprint density at radius 2 is 1.71 bits per heavy atom. The Balaban J connectivity index is 1.67. The fraction of sp³-hybridized carbons (Fsp3) is 0.250. The molecule has 1 fully saturated rings. The molecule has 0 atom stereocenters. The number of carbonyl (C=O) groups excluding carboxylic acids is 3. The lowest BCUT2D eigenvalue weighted by Gasteiger charge is -2.35. The van der Waals surface area contributed by atoms with E-state index < -0.39 is 5.91 Å². The zero-order valence-electron chi connectivity index (χ0n) is 15.6. The van der Waals surface area contributed by atoms with Crippen LogP contribution in [0.1, 0.15) is 20.8 Å². The molecule has 8 nitrogen and oxygen atoms in total. The lowest BCUT2D eigenvalue weighted by Crippen LogP contribution is -2.50. The number of hydrogen-bond acceptors (Lipinski definition) is 4. The highest BCUT2D eigenvalue weighted by Crippen LogP contribution is 2.24. The first-order valence-electron chi connectivity index (χ1n) is 8.87. The van der Waals surface area contributed by atoms with Gasteiger partial charge in [0.1, 0.15) is 11.4 Å². The van der Waals surface area contributed by atoms with Gasteiger partial charge in [0.2, 0.25) is 5.91 Å². The Labute approximate surface area is 162 Å². The highest BCUT2D eigenvalue weighted by atomic mass is 16.3. The van der Waals surface area contributed by atoms with Crippen molar-refractivity contribution in [3.05, 3.63) is 60.4 Å². The summed E-state index contributed by atoms with van der Waals surface area (Å²) in [5.74, 6) is -0.990. The number of rotatable bonds is 4. The van der Waals surface area contributed by atoms with Crippen LogP contribution in [0.25, 0.3) is 0 Å². The third-order valence-electron chi connectivity index (χ3n) is 4.70. The summed E-state index contributed by atoms with van der Waals surface area (Å²) in [5.41, 5.74) is 1.09. The molecule has 0 bridgehead atoms. The monoisotopic (exact) mass is 382 g/mol. The summed E-state index contributed by atoms with van der Waals surface area (Å²) in [6.07, 6.45) is 2.94. The quantitative estimate of drug-likeness (QED) is 0.618. The van der Waals surface area contributed by atoms with E-state index in [1.165, 1.54) is 18.2 Å². The number of amides is 3. The van der Waals surface area contributed by atoms with Crippen molar-refractivity contribution in [2.24, 2.45) is 7.05 Å². The maximum absolute atomic E-state index is 12.8. The number of anilines is 1. The molecule has 3 rings (SSSR count). The van der Waals surface area contributed by atoms with E-state index >= 15 is 0 Å². The summed E-state index contributed by atoms with van der Waals surface area (Å²) in [7, 11) is 1.81. The van der Waals surface area contributed by atoms with Gasteiger partial charge in [-0.25, -0.2) is 0 Å². The number of benzene rings is 1. The normalized spacial score (nSPS) is 13.9. The number of phenols is 1. The molecule has 0 saturated carbocycles.